The van der Waals surface area contributed by atoms with Crippen LogP contribution in [0.2, 0.25) is 0 Å². The van der Waals surface area contributed by atoms with Gasteiger partial charge in [-0.15, -0.1) is 0 Å². The number of nitrogens with zero attached hydrogens (tertiary/aromatic N) is 2. The SMILES string of the molecule is OC[C@H]1CCCCN1Cc1coc(-c2ccc(F)c(F)c2)n1. The highest BCUT2D eigenvalue weighted by Crippen LogP contribution is 2.23. The van der Waals surface area contributed by atoms with Crippen LogP contribution in [0.4, 0.5) is 8.78 Å². The molecular formula is C16H18F2N2O2. The van der Waals surface area contributed by atoms with Gasteiger partial charge in [0, 0.05) is 18.2 Å². The molecule has 1 saturated heterocycles. The van der Waals surface area contributed by atoms with Gasteiger partial charge in [-0.3, -0.25) is 4.90 Å². The molecule has 0 bridgehead atoms. The zero-order valence-corrected chi connectivity index (χ0v) is 12.1. The zero-order valence-electron chi connectivity index (χ0n) is 12.1. The summed E-state index contributed by atoms with van der Waals surface area (Å²) in [5.41, 5.74) is 1.13. The number of aliphatic hydroxyl groups excluding tert-OH is 1. The Morgan fingerprint density at radius 2 is 2.14 bits per heavy atom. The van der Waals surface area contributed by atoms with Crippen molar-refractivity contribution in [2.75, 3.05) is 13.2 Å². The molecule has 118 valence electrons. The van der Waals surface area contributed by atoms with Crippen LogP contribution in [0, 0.1) is 11.6 Å². The lowest BCUT2D eigenvalue weighted by atomic mass is 10.0. The van der Waals surface area contributed by atoms with Crippen molar-refractivity contribution < 1.29 is 18.3 Å². The maximum atomic E-state index is 13.3. The summed E-state index contributed by atoms with van der Waals surface area (Å²) in [7, 11) is 0. The number of rotatable bonds is 4. The molecule has 1 fully saturated rings. The molecule has 0 saturated carbocycles. The van der Waals surface area contributed by atoms with Crippen molar-refractivity contribution in [1.29, 1.82) is 0 Å². The van der Waals surface area contributed by atoms with Gasteiger partial charge in [0.1, 0.15) is 6.26 Å². The van der Waals surface area contributed by atoms with E-state index >= 15 is 0 Å². The normalized spacial score (nSPS) is 19.5. The third-order valence-electron chi connectivity index (χ3n) is 4.04. The number of hydrogen-bond donors (Lipinski definition) is 1. The Kier molecular flexibility index (Phi) is 4.49. The molecule has 3 rings (SSSR count). The lowest BCUT2D eigenvalue weighted by Crippen LogP contribution is -2.41. The number of hydrogen-bond acceptors (Lipinski definition) is 4. The Morgan fingerprint density at radius 1 is 1.27 bits per heavy atom. The molecule has 1 aliphatic heterocycles. The molecule has 0 unspecified atom stereocenters. The van der Waals surface area contributed by atoms with E-state index in [2.05, 4.69) is 9.88 Å². The molecule has 0 aliphatic carbocycles. The Labute approximate surface area is 127 Å². The Hall–Kier alpha value is -1.79. The smallest absolute Gasteiger partial charge is 0.226 e. The molecule has 1 aliphatic rings. The number of aliphatic hydroxyl groups is 1. The average Bonchev–Trinajstić information content (AvgIpc) is 2.99. The second-order valence-corrected chi connectivity index (χ2v) is 5.58. The van der Waals surface area contributed by atoms with Gasteiger partial charge in [0.2, 0.25) is 5.89 Å². The van der Waals surface area contributed by atoms with Crippen molar-refractivity contribution in [1.82, 2.24) is 9.88 Å². The summed E-state index contributed by atoms with van der Waals surface area (Å²) >= 11 is 0. The fraction of sp³-hybridized carbons (Fsp3) is 0.438. The van der Waals surface area contributed by atoms with Crippen molar-refractivity contribution in [3.8, 4) is 11.5 Å². The van der Waals surface area contributed by atoms with Crippen LogP contribution in [0.5, 0.6) is 0 Å². The number of piperidine rings is 1. The first-order chi connectivity index (χ1) is 10.7. The molecule has 1 N–H and O–H groups in total. The van der Waals surface area contributed by atoms with Crippen molar-refractivity contribution >= 4 is 0 Å². The maximum Gasteiger partial charge on any atom is 0.226 e. The third-order valence-corrected chi connectivity index (χ3v) is 4.04. The van der Waals surface area contributed by atoms with Crippen LogP contribution in [-0.2, 0) is 6.54 Å². The first kappa shape index (κ1) is 15.1. The van der Waals surface area contributed by atoms with E-state index in [0.29, 0.717) is 12.1 Å². The summed E-state index contributed by atoms with van der Waals surface area (Å²) in [6, 6.07) is 3.71. The highest BCUT2D eigenvalue weighted by Gasteiger charge is 2.22. The molecule has 2 aromatic rings. The molecule has 0 spiro atoms. The second-order valence-electron chi connectivity index (χ2n) is 5.58. The van der Waals surface area contributed by atoms with Crippen LogP contribution in [0.1, 0.15) is 25.0 Å². The molecule has 1 aromatic carbocycles. The maximum absolute atomic E-state index is 13.3. The Balaban J connectivity index is 1.74. The standard InChI is InChI=1S/C16H18F2N2O2/c17-14-5-4-11(7-15(14)18)16-19-12(10-22-16)8-20-6-2-1-3-13(20)9-21/h4-5,7,10,13,21H,1-3,6,8-9H2/t13-/m1/s1. The number of halogens is 2. The molecule has 0 amide bonds. The van der Waals surface area contributed by atoms with Crippen LogP contribution < -0.4 is 0 Å². The van der Waals surface area contributed by atoms with Gasteiger partial charge in [-0.05, 0) is 37.6 Å². The van der Waals surface area contributed by atoms with Gasteiger partial charge in [0.05, 0.1) is 12.3 Å². The first-order valence-corrected chi connectivity index (χ1v) is 7.42. The number of likely N-dealkylation sites (tertiary alicyclic amines) is 1. The van der Waals surface area contributed by atoms with E-state index in [1.165, 1.54) is 12.3 Å². The molecule has 22 heavy (non-hydrogen) atoms. The lowest BCUT2D eigenvalue weighted by Gasteiger charge is -2.33. The summed E-state index contributed by atoms with van der Waals surface area (Å²) in [6.45, 7) is 1.63. The van der Waals surface area contributed by atoms with Crippen LogP contribution in [0.15, 0.2) is 28.9 Å². The predicted octanol–water partition coefficient (Wildman–Crippen LogP) is 2.97. The van der Waals surface area contributed by atoms with Gasteiger partial charge >= 0.3 is 0 Å². The summed E-state index contributed by atoms with van der Waals surface area (Å²) in [5, 5.41) is 9.42. The summed E-state index contributed by atoms with van der Waals surface area (Å²) < 4.78 is 31.6. The van der Waals surface area contributed by atoms with Crippen molar-refractivity contribution in [3.05, 3.63) is 41.8 Å². The fourth-order valence-electron chi connectivity index (χ4n) is 2.82. The quantitative estimate of drug-likeness (QED) is 0.943. The minimum Gasteiger partial charge on any atom is -0.444 e. The molecule has 4 nitrogen and oxygen atoms in total. The van der Waals surface area contributed by atoms with E-state index in [4.69, 9.17) is 4.42 Å². The van der Waals surface area contributed by atoms with Crippen LogP contribution in [-0.4, -0.2) is 34.2 Å². The van der Waals surface area contributed by atoms with E-state index in [1.54, 1.807) is 0 Å². The number of benzene rings is 1. The largest absolute Gasteiger partial charge is 0.444 e. The summed E-state index contributed by atoms with van der Waals surface area (Å²) in [5.74, 6) is -1.55. The van der Waals surface area contributed by atoms with Gasteiger partial charge in [-0.25, -0.2) is 13.8 Å². The minimum atomic E-state index is -0.923. The molecule has 1 atom stereocenters. The monoisotopic (exact) mass is 308 g/mol. The summed E-state index contributed by atoms with van der Waals surface area (Å²) in [6.07, 6.45) is 4.73. The van der Waals surface area contributed by atoms with Crippen LogP contribution in [0.25, 0.3) is 11.5 Å². The van der Waals surface area contributed by atoms with Gasteiger partial charge in [0.15, 0.2) is 11.6 Å². The van der Waals surface area contributed by atoms with E-state index in [1.807, 2.05) is 0 Å². The molecule has 0 radical (unpaired) electrons. The van der Waals surface area contributed by atoms with E-state index in [0.717, 1.165) is 43.6 Å². The zero-order chi connectivity index (χ0) is 15.5. The average molecular weight is 308 g/mol. The number of aromatic nitrogens is 1. The molecule has 1 aromatic heterocycles. The molecule has 6 heteroatoms. The van der Waals surface area contributed by atoms with Crippen LogP contribution >= 0.6 is 0 Å². The van der Waals surface area contributed by atoms with Crippen molar-refractivity contribution in [3.63, 3.8) is 0 Å². The van der Waals surface area contributed by atoms with Gasteiger partial charge in [-0.1, -0.05) is 6.42 Å². The highest BCUT2D eigenvalue weighted by molar-refractivity contribution is 5.53. The summed E-state index contributed by atoms with van der Waals surface area (Å²) in [4.78, 5) is 6.51. The predicted molar refractivity (Wildman–Crippen MR) is 77.0 cm³/mol. The van der Waals surface area contributed by atoms with E-state index in [-0.39, 0.29) is 18.5 Å². The first-order valence-electron chi connectivity index (χ1n) is 7.42. The van der Waals surface area contributed by atoms with Gasteiger partial charge < -0.3 is 9.52 Å². The topological polar surface area (TPSA) is 49.5 Å². The van der Waals surface area contributed by atoms with Gasteiger partial charge in [-0.2, -0.15) is 0 Å². The Morgan fingerprint density at radius 3 is 2.91 bits per heavy atom. The number of oxazole rings is 1. The third kappa shape index (κ3) is 3.18. The molecular weight excluding hydrogens is 290 g/mol. The Bertz CT molecular complexity index is 645. The van der Waals surface area contributed by atoms with Crippen molar-refractivity contribution in [2.45, 2.75) is 31.8 Å². The van der Waals surface area contributed by atoms with Crippen molar-refractivity contribution in [2.24, 2.45) is 0 Å². The second kappa shape index (κ2) is 6.54. The van der Waals surface area contributed by atoms with Crippen LogP contribution in [0.3, 0.4) is 0 Å². The molecule has 2 heterocycles. The fourth-order valence-corrected chi connectivity index (χ4v) is 2.82. The van der Waals surface area contributed by atoms with E-state index < -0.39 is 11.6 Å². The lowest BCUT2D eigenvalue weighted by molar-refractivity contribution is 0.0830. The minimum absolute atomic E-state index is 0.133. The highest BCUT2D eigenvalue weighted by atomic mass is 19.2. The van der Waals surface area contributed by atoms with Gasteiger partial charge in [0.25, 0.3) is 0 Å². The van der Waals surface area contributed by atoms with E-state index in [9.17, 15) is 13.9 Å².